The summed E-state index contributed by atoms with van der Waals surface area (Å²) in [5.74, 6) is -0.307. The van der Waals surface area contributed by atoms with Crippen molar-refractivity contribution in [2.75, 3.05) is 48.7 Å². The number of carbonyl (C=O) groups excluding carboxylic acids is 1. The molecular formula is C27H32N5O5PS. The lowest BCUT2D eigenvalue weighted by Gasteiger charge is -2.36. The van der Waals surface area contributed by atoms with Crippen LogP contribution >= 0.6 is 18.8 Å². The number of thiophene rings is 1. The first-order valence-corrected chi connectivity index (χ1v) is 15.3. The lowest BCUT2D eigenvalue weighted by Crippen LogP contribution is -2.40. The molecule has 1 aromatic heterocycles. The molecule has 2 aliphatic heterocycles. The zero-order valence-corrected chi connectivity index (χ0v) is 24.1. The number of hydrogen-bond acceptors (Lipinski definition) is 7. The number of anilines is 3. The van der Waals surface area contributed by atoms with Crippen LogP contribution in [0.15, 0.2) is 53.9 Å². The molecule has 2 N–H and O–H groups in total. The van der Waals surface area contributed by atoms with Gasteiger partial charge >= 0.3 is 0 Å². The quantitative estimate of drug-likeness (QED) is 0.224. The third kappa shape index (κ3) is 4.84. The maximum Gasteiger partial charge on any atom is 0.292 e. The minimum atomic E-state index is -3.77. The van der Waals surface area contributed by atoms with Gasteiger partial charge in [-0.05, 0) is 42.1 Å². The van der Waals surface area contributed by atoms with Gasteiger partial charge in [-0.25, -0.2) is 4.67 Å². The van der Waals surface area contributed by atoms with Gasteiger partial charge in [-0.2, -0.15) is 0 Å². The van der Waals surface area contributed by atoms with E-state index in [1.165, 1.54) is 17.4 Å². The molecule has 3 aromatic rings. The Labute approximate surface area is 231 Å². The molecule has 1 amide bonds. The number of morpholine rings is 1. The van der Waals surface area contributed by atoms with Crippen LogP contribution in [0, 0.1) is 10.1 Å². The van der Waals surface area contributed by atoms with Crippen molar-refractivity contribution in [1.29, 1.82) is 0 Å². The van der Waals surface area contributed by atoms with Crippen molar-refractivity contribution in [2.24, 2.45) is 0 Å². The predicted molar refractivity (Wildman–Crippen MR) is 156 cm³/mol. The fraction of sp³-hybridized carbons (Fsp3) is 0.370. The highest BCUT2D eigenvalue weighted by atomic mass is 32.1. The van der Waals surface area contributed by atoms with Crippen molar-refractivity contribution in [3.63, 3.8) is 0 Å². The largest absolute Gasteiger partial charge is 0.379 e. The molecule has 1 fully saturated rings. The zero-order valence-electron chi connectivity index (χ0n) is 22.3. The van der Waals surface area contributed by atoms with E-state index in [1.807, 2.05) is 24.6 Å². The molecule has 0 saturated carbocycles. The highest BCUT2D eigenvalue weighted by Crippen LogP contribution is 2.54. The van der Waals surface area contributed by atoms with Gasteiger partial charge in [0.1, 0.15) is 5.69 Å². The van der Waals surface area contributed by atoms with Crippen LogP contribution in [-0.4, -0.2) is 54.9 Å². The third-order valence-electron chi connectivity index (χ3n) is 7.89. The van der Waals surface area contributed by atoms with Gasteiger partial charge in [0, 0.05) is 43.3 Å². The Balaban J connectivity index is 1.72. The normalized spacial score (nSPS) is 20.2. The second-order valence-electron chi connectivity index (χ2n) is 10.4. The lowest BCUT2D eigenvalue weighted by molar-refractivity contribution is -0.383. The fourth-order valence-electron chi connectivity index (χ4n) is 5.25. The fourth-order valence-corrected chi connectivity index (χ4v) is 8.43. The highest BCUT2D eigenvalue weighted by molar-refractivity contribution is 7.71. The molecule has 0 bridgehead atoms. The maximum absolute atomic E-state index is 15.4. The van der Waals surface area contributed by atoms with E-state index in [2.05, 4.69) is 36.1 Å². The van der Waals surface area contributed by atoms with E-state index in [-0.39, 0.29) is 28.7 Å². The van der Waals surface area contributed by atoms with E-state index in [9.17, 15) is 14.9 Å². The number of benzene rings is 2. The second kappa shape index (κ2) is 10.4. The number of hydrogen-bond donors (Lipinski definition) is 2. The van der Waals surface area contributed by atoms with Crippen molar-refractivity contribution in [3.05, 3.63) is 74.5 Å². The van der Waals surface area contributed by atoms with Gasteiger partial charge in [0.15, 0.2) is 0 Å². The van der Waals surface area contributed by atoms with Gasteiger partial charge in [0.05, 0.1) is 34.0 Å². The summed E-state index contributed by atoms with van der Waals surface area (Å²) in [6.45, 7) is 7.88. The van der Waals surface area contributed by atoms with E-state index >= 15 is 4.57 Å². The van der Waals surface area contributed by atoms with E-state index in [1.54, 1.807) is 35.0 Å². The Morgan fingerprint density at radius 1 is 1.15 bits per heavy atom. The van der Waals surface area contributed by atoms with Crippen molar-refractivity contribution in [1.82, 2.24) is 4.67 Å². The van der Waals surface area contributed by atoms with Gasteiger partial charge in [0.2, 0.25) is 0 Å². The molecule has 0 spiro atoms. The Kier molecular flexibility index (Phi) is 7.28. The molecular weight excluding hydrogens is 537 g/mol. The molecule has 12 heteroatoms. The molecule has 2 atom stereocenters. The molecule has 10 nitrogen and oxygen atoms in total. The molecule has 206 valence electrons. The molecule has 0 radical (unpaired) electrons. The summed E-state index contributed by atoms with van der Waals surface area (Å²) in [5, 5.41) is 20.2. The van der Waals surface area contributed by atoms with E-state index < -0.39 is 12.4 Å². The van der Waals surface area contributed by atoms with Crippen LogP contribution in [0.25, 0.3) is 0 Å². The summed E-state index contributed by atoms with van der Waals surface area (Å²) >= 11 is 1.32. The summed E-state index contributed by atoms with van der Waals surface area (Å²) in [4.78, 5) is 27.3. The lowest BCUT2D eigenvalue weighted by atomic mass is 9.81. The monoisotopic (exact) mass is 569 g/mol. The van der Waals surface area contributed by atoms with Crippen LogP contribution in [0.1, 0.15) is 36.0 Å². The van der Waals surface area contributed by atoms with Gasteiger partial charge < -0.3 is 20.0 Å². The molecule has 0 aliphatic carbocycles. The second-order valence-corrected chi connectivity index (χ2v) is 13.7. The first-order chi connectivity index (χ1) is 18.5. The van der Waals surface area contributed by atoms with Crippen LogP contribution in [0.3, 0.4) is 0 Å². The van der Waals surface area contributed by atoms with Crippen LogP contribution in [0.5, 0.6) is 0 Å². The summed E-state index contributed by atoms with van der Waals surface area (Å²) in [6.07, 6.45) is 0. The molecule has 1 saturated heterocycles. The average molecular weight is 570 g/mol. The Morgan fingerprint density at radius 3 is 2.54 bits per heavy atom. The number of likely N-dealkylation sites (N-methyl/N-ethyl adjacent to an activating group) is 1. The molecule has 0 unspecified atom stereocenters. The maximum atomic E-state index is 15.4. The van der Waals surface area contributed by atoms with Crippen molar-refractivity contribution < 1.29 is 19.0 Å². The standard InChI is InChI=1S/C27H32N5O5PS/c1-18-27(2,3)19-16-24(21(17-23(19)30(18)4)28-26(33)25-10-7-15-39-25)38(36,31-11-13-37-14-12-31)29-20-8-5-6-9-22(20)32(34)35/h5-10,15-18H,11-14H2,1-4H3,(H,28,33)(H,29,36)/t18-,38+/m1/s1. The Hall–Kier alpha value is -3.24. The van der Waals surface area contributed by atoms with Crippen molar-refractivity contribution >= 4 is 52.7 Å². The summed E-state index contributed by atoms with van der Waals surface area (Å²) in [6, 6.07) is 13.7. The number of nitro groups is 1. The van der Waals surface area contributed by atoms with E-state index in [0.29, 0.717) is 42.2 Å². The SMILES string of the molecule is C[C@H]1N(C)c2cc(NC(=O)c3cccs3)c([P@](=O)(Nc3ccccc3[N+](=O)[O-])N3CCOCC3)cc2C1(C)C. The number of rotatable bonds is 7. The minimum absolute atomic E-state index is 0.148. The molecule has 2 aromatic carbocycles. The number of nitrogens with one attached hydrogen (secondary N) is 2. The minimum Gasteiger partial charge on any atom is -0.379 e. The number of carbonyl (C=O) groups is 1. The summed E-state index contributed by atoms with van der Waals surface area (Å²) < 4.78 is 22.7. The van der Waals surface area contributed by atoms with E-state index in [4.69, 9.17) is 4.74 Å². The summed E-state index contributed by atoms with van der Waals surface area (Å²) in [5.41, 5.74) is 2.05. The van der Waals surface area contributed by atoms with Crippen LogP contribution in [0.2, 0.25) is 0 Å². The predicted octanol–water partition coefficient (Wildman–Crippen LogP) is 5.29. The van der Waals surface area contributed by atoms with Crippen molar-refractivity contribution in [3.8, 4) is 0 Å². The number of nitro benzene ring substituents is 1. The zero-order chi connectivity index (χ0) is 27.9. The molecule has 39 heavy (non-hydrogen) atoms. The van der Waals surface area contributed by atoms with Gasteiger partial charge in [0.25, 0.3) is 19.0 Å². The van der Waals surface area contributed by atoms with Crippen LogP contribution < -0.4 is 20.6 Å². The Bertz CT molecular complexity index is 1450. The van der Waals surface area contributed by atoms with Gasteiger partial charge in [-0.15, -0.1) is 11.3 Å². The van der Waals surface area contributed by atoms with Gasteiger partial charge in [-0.1, -0.05) is 32.0 Å². The number of nitrogens with zero attached hydrogens (tertiary/aromatic N) is 3. The third-order valence-corrected chi connectivity index (χ3v) is 11.5. The van der Waals surface area contributed by atoms with E-state index in [0.717, 1.165) is 11.3 Å². The highest BCUT2D eigenvalue weighted by Gasteiger charge is 2.44. The topological polar surface area (TPSA) is 117 Å². The first kappa shape index (κ1) is 27.3. The smallest absolute Gasteiger partial charge is 0.292 e. The molecule has 5 rings (SSSR count). The number of ether oxygens (including phenoxy) is 1. The van der Waals surface area contributed by atoms with Crippen molar-refractivity contribution in [2.45, 2.75) is 32.2 Å². The molecule has 2 aliphatic rings. The number of para-hydroxylation sites is 2. The average Bonchev–Trinajstić information content (AvgIpc) is 3.52. The van der Waals surface area contributed by atoms with Crippen LogP contribution in [-0.2, 0) is 14.7 Å². The molecule has 3 heterocycles. The number of amides is 1. The van der Waals surface area contributed by atoms with Crippen LogP contribution in [0.4, 0.5) is 22.7 Å². The summed E-state index contributed by atoms with van der Waals surface area (Å²) in [7, 11) is -1.76. The number of fused-ring (bicyclic) bond motifs is 1. The first-order valence-electron chi connectivity index (χ1n) is 12.8. The van der Waals surface area contributed by atoms with Gasteiger partial charge in [-0.3, -0.25) is 19.5 Å². The Morgan fingerprint density at radius 2 is 1.87 bits per heavy atom.